The van der Waals surface area contributed by atoms with Crippen LogP contribution < -0.4 is 0 Å². The highest BCUT2D eigenvalue weighted by molar-refractivity contribution is 5.98. The molecule has 40 heavy (non-hydrogen) atoms. The molecule has 204 valence electrons. The Morgan fingerprint density at radius 2 is 1.90 bits per heavy atom. The number of carbonyl (C=O) groups excluding carboxylic acids is 2. The van der Waals surface area contributed by atoms with E-state index in [9.17, 15) is 14.9 Å². The van der Waals surface area contributed by atoms with Crippen molar-refractivity contribution in [3.63, 3.8) is 0 Å². The quantitative estimate of drug-likeness (QED) is 0.263. The Hall–Kier alpha value is -4.12. The summed E-state index contributed by atoms with van der Waals surface area (Å²) in [4.78, 5) is 34.6. The zero-order valence-corrected chi connectivity index (χ0v) is 22.9. The molecular weight excluding hydrogens is 500 g/mol. The van der Waals surface area contributed by atoms with Crippen LogP contribution in [0.25, 0.3) is 22.3 Å². The predicted octanol–water partition coefficient (Wildman–Crippen LogP) is 6.30. The van der Waals surface area contributed by atoms with Crippen LogP contribution in [0.4, 0.5) is 0 Å². The number of ketones is 1. The van der Waals surface area contributed by atoms with Crippen molar-refractivity contribution < 1.29 is 9.59 Å². The second-order valence-electron chi connectivity index (χ2n) is 11.4. The van der Waals surface area contributed by atoms with Gasteiger partial charge in [0.1, 0.15) is 12.1 Å². The number of nitriles is 1. The van der Waals surface area contributed by atoms with Crippen LogP contribution >= 0.6 is 0 Å². The van der Waals surface area contributed by atoms with Crippen LogP contribution in [0.15, 0.2) is 55.2 Å². The van der Waals surface area contributed by atoms with E-state index in [-0.39, 0.29) is 23.8 Å². The molecule has 8 heteroatoms. The summed E-state index contributed by atoms with van der Waals surface area (Å²) in [5, 5.41) is 14.8. The van der Waals surface area contributed by atoms with Crippen LogP contribution in [0, 0.1) is 23.2 Å². The SMILES string of the molecule is CC(C(=O)n1ccc2c(-c3cnn([C@H](CC#N)C4CCCC4)c3)ncnc21)c1ccc(CC2CCCC2=O)cc1. The summed E-state index contributed by atoms with van der Waals surface area (Å²) in [6.07, 6.45) is 15.6. The zero-order chi connectivity index (χ0) is 27.6. The number of aromatic nitrogens is 5. The van der Waals surface area contributed by atoms with Gasteiger partial charge in [-0.15, -0.1) is 0 Å². The number of Topliss-reactive ketones (excluding diaryl/α,β-unsaturated/α-hetero) is 1. The topological polar surface area (TPSA) is 106 Å². The zero-order valence-electron chi connectivity index (χ0n) is 22.9. The molecule has 2 fully saturated rings. The lowest BCUT2D eigenvalue weighted by Crippen LogP contribution is -2.17. The number of hydrogen-bond donors (Lipinski definition) is 0. The summed E-state index contributed by atoms with van der Waals surface area (Å²) in [6, 6.07) is 12.4. The van der Waals surface area contributed by atoms with Gasteiger partial charge >= 0.3 is 0 Å². The normalized spacial score (nSPS) is 19.2. The molecule has 0 spiro atoms. The molecule has 2 aliphatic rings. The van der Waals surface area contributed by atoms with E-state index in [2.05, 4.69) is 21.1 Å². The standard InChI is InChI=1S/C32H34N6O2/c1-21(23-11-9-22(10-12-23)17-25-7-4-8-29(25)39)32(40)37-16-14-27-30(34-20-35-31(27)37)26-18-36-38(19-26)28(13-15-33)24-5-2-3-6-24/h9-12,14,16,18-21,24-25,28H,2-8,13,17H2,1H3/t21?,25?,28-/m1/s1. The molecule has 2 aliphatic carbocycles. The lowest BCUT2D eigenvalue weighted by molar-refractivity contribution is -0.120. The van der Waals surface area contributed by atoms with Gasteiger partial charge in [0.2, 0.25) is 5.91 Å². The van der Waals surface area contributed by atoms with E-state index in [1.165, 1.54) is 19.2 Å². The number of nitrogens with zero attached hydrogens (tertiary/aromatic N) is 6. The van der Waals surface area contributed by atoms with Crippen molar-refractivity contribution in [2.75, 3.05) is 0 Å². The third kappa shape index (κ3) is 4.97. The largest absolute Gasteiger partial charge is 0.299 e. The van der Waals surface area contributed by atoms with Crippen LogP contribution in [0.3, 0.4) is 0 Å². The van der Waals surface area contributed by atoms with E-state index in [0.29, 0.717) is 30.2 Å². The first kappa shape index (κ1) is 26.1. The first-order valence-corrected chi connectivity index (χ1v) is 14.4. The van der Waals surface area contributed by atoms with Crippen LogP contribution in [-0.2, 0) is 11.2 Å². The van der Waals surface area contributed by atoms with Gasteiger partial charge < -0.3 is 0 Å². The Morgan fingerprint density at radius 1 is 1.10 bits per heavy atom. The van der Waals surface area contributed by atoms with Crippen molar-refractivity contribution >= 4 is 22.7 Å². The summed E-state index contributed by atoms with van der Waals surface area (Å²) in [6.45, 7) is 1.91. The minimum atomic E-state index is -0.364. The lowest BCUT2D eigenvalue weighted by Gasteiger charge is -2.21. The molecule has 0 aliphatic heterocycles. The summed E-state index contributed by atoms with van der Waals surface area (Å²) < 4.78 is 3.54. The molecule has 0 saturated heterocycles. The maximum atomic E-state index is 13.6. The van der Waals surface area contributed by atoms with E-state index in [0.717, 1.165) is 59.9 Å². The van der Waals surface area contributed by atoms with Gasteiger partial charge in [-0.3, -0.25) is 18.8 Å². The second kappa shape index (κ2) is 11.2. The average Bonchev–Trinajstić information content (AvgIpc) is 3.79. The highest BCUT2D eigenvalue weighted by Crippen LogP contribution is 2.37. The van der Waals surface area contributed by atoms with Gasteiger partial charge in [-0.1, -0.05) is 37.1 Å². The van der Waals surface area contributed by atoms with Crippen LogP contribution in [0.5, 0.6) is 0 Å². The number of fused-ring (bicyclic) bond motifs is 1. The molecule has 2 saturated carbocycles. The smallest absolute Gasteiger partial charge is 0.239 e. The van der Waals surface area contributed by atoms with Gasteiger partial charge in [0, 0.05) is 35.7 Å². The number of rotatable bonds is 8. The Kier molecular flexibility index (Phi) is 7.29. The maximum Gasteiger partial charge on any atom is 0.239 e. The van der Waals surface area contributed by atoms with Crippen molar-refractivity contribution in [2.24, 2.45) is 11.8 Å². The van der Waals surface area contributed by atoms with Crippen molar-refractivity contribution in [3.05, 3.63) is 66.4 Å². The van der Waals surface area contributed by atoms with Crippen molar-refractivity contribution in [2.45, 2.75) is 76.7 Å². The molecule has 6 rings (SSSR count). The third-order valence-corrected chi connectivity index (χ3v) is 8.94. The van der Waals surface area contributed by atoms with Crippen molar-refractivity contribution in [1.29, 1.82) is 5.26 Å². The minimum Gasteiger partial charge on any atom is -0.299 e. The molecule has 0 radical (unpaired) electrons. The monoisotopic (exact) mass is 534 g/mol. The van der Waals surface area contributed by atoms with E-state index in [1.807, 2.05) is 48.1 Å². The van der Waals surface area contributed by atoms with E-state index in [1.54, 1.807) is 17.0 Å². The number of hydrogen-bond acceptors (Lipinski definition) is 6. The highest BCUT2D eigenvalue weighted by Gasteiger charge is 2.28. The summed E-state index contributed by atoms with van der Waals surface area (Å²) in [7, 11) is 0. The lowest BCUT2D eigenvalue weighted by atomic mass is 9.94. The third-order valence-electron chi connectivity index (χ3n) is 8.94. The van der Waals surface area contributed by atoms with Crippen molar-refractivity contribution in [1.82, 2.24) is 24.3 Å². The molecule has 0 N–H and O–H groups in total. The average molecular weight is 535 g/mol. The fourth-order valence-corrected chi connectivity index (χ4v) is 6.59. The van der Waals surface area contributed by atoms with Gasteiger partial charge in [0.15, 0.2) is 5.65 Å². The molecule has 0 amide bonds. The molecule has 3 atom stereocenters. The highest BCUT2D eigenvalue weighted by atomic mass is 16.2. The summed E-state index contributed by atoms with van der Waals surface area (Å²) in [5.41, 5.74) is 4.21. The van der Waals surface area contributed by atoms with Gasteiger partial charge in [0.25, 0.3) is 0 Å². The molecule has 3 aromatic heterocycles. The Bertz CT molecular complexity index is 1570. The van der Waals surface area contributed by atoms with Gasteiger partial charge in [0.05, 0.1) is 36.3 Å². The first-order valence-electron chi connectivity index (χ1n) is 14.4. The minimum absolute atomic E-state index is 0.0654. The Balaban J connectivity index is 1.22. The van der Waals surface area contributed by atoms with Crippen LogP contribution in [-0.4, -0.2) is 36.0 Å². The fraction of sp³-hybridized carbons (Fsp3) is 0.438. The molecule has 1 aromatic carbocycles. The molecule has 2 unspecified atom stereocenters. The summed E-state index contributed by atoms with van der Waals surface area (Å²) in [5.74, 6) is 0.549. The maximum absolute atomic E-state index is 13.6. The second-order valence-corrected chi connectivity index (χ2v) is 11.4. The summed E-state index contributed by atoms with van der Waals surface area (Å²) >= 11 is 0. The Labute approximate surface area is 234 Å². The fourth-order valence-electron chi connectivity index (χ4n) is 6.59. The first-order chi connectivity index (χ1) is 19.5. The van der Waals surface area contributed by atoms with E-state index < -0.39 is 0 Å². The van der Waals surface area contributed by atoms with Crippen molar-refractivity contribution in [3.8, 4) is 17.3 Å². The molecule has 4 aromatic rings. The number of benzene rings is 1. The van der Waals surface area contributed by atoms with Gasteiger partial charge in [-0.2, -0.15) is 10.4 Å². The van der Waals surface area contributed by atoms with Crippen LogP contribution in [0.2, 0.25) is 0 Å². The van der Waals surface area contributed by atoms with E-state index >= 15 is 0 Å². The number of carbonyl (C=O) groups is 2. The molecule has 3 heterocycles. The van der Waals surface area contributed by atoms with Gasteiger partial charge in [-0.05, 0) is 62.1 Å². The van der Waals surface area contributed by atoms with Crippen LogP contribution in [0.1, 0.15) is 86.2 Å². The predicted molar refractivity (Wildman–Crippen MR) is 152 cm³/mol. The molecular formula is C32H34N6O2. The Morgan fingerprint density at radius 3 is 2.62 bits per heavy atom. The molecule has 0 bridgehead atoms. The van der Waals surface area contributed by atoms with Gasteiger partial charge in [-0.25, -0.2) is 9.97 Å². The van der Waals surface area contributed by atoms with E-state index in [4.69, 9.17) is 0 Å². The molecule has 8 nitrogen and oxygen atoms in total.